The molecule has 0 aromatic heterocycles. The zero-order valence-electron chi connectivity index (χ0n) is 11.6. The first kappa shape index (κ1) is 19.3. The third-order valence-corrected chi connectivity index (χ3v) is 2.05. The fourth-order valence-corrected chi connectivity index (χ4v) is 1.32. The number of nitrogens with one attached hydrogen (secondary N) is 2. The highest BCUT2D eigenvalue weighted by molar-refractivity contribution is 14.0. The molecule has 0 aliphatic carbocycles. The van der Waals surface area contributed by atoms with Crippen LogP contribution < -0.4 is 10.6 Å². The number of halogens is 1. The summed E-state index contributed by atoms with van der Waals surface area (Å²) in [6, 6.07) is 0.422. The molecule has 2 N–H and O–H groups in total. The summed E-state index contributed by atoms with van der Waals surface area (Å²) in [5.41, 5.74) is 0. The highest BCUT2D eigenvalue weighted by Gasteiger charge is 1.98. The van der Waals surface area contributed by atoms with Crippen LogP contribution in [0.4, 0.5) is 0 Å². The Kier molecular flexibility index (Phi) is 15.9. The molecule has 0 unspecified atom stereocenters. The van der Waals surface area contributed by atoms with E-state index in [-0.39, 0.29) is 24.0 Å². The Morgan fingerprint density at radius 2 is 1.94 bits per heavy atom. The zero-order valence-corrected chi connectivity index (χ0v) is 13.9. The second-order valence-corrected chi connectivity index (χ2v) is 4.11. The highest BCUT2D eigenvalue weighted by Crippen LogP contribution is 1.95. The second-order valence-electron chi connectivity index (χ2n) is 4.11. The normalized spacial score (nSPS) is 11.2. The first-order valence-electron chi connectivity index (χ1n) is 6.24. The predicted molar refractivity (Wildman–Crippen MR) is 85.4 cm³/mol. The molecule has 4 nitrogen and oxygen atoms in total. The van der Waals surface area contributed by atoms with Gasteiger partial charge in [-0.15, -0.1) is 24.0 Å². The molecule has 0 aromatic rings. The predicted octanol–water partition coefficient (Wildman–Crippen LogP) is 2.38. The Labute approximate surface area is 123 Å². The first-order chi connectivity index (χ1) is 7.70. The van der Waals surface area contributed by atoms with E-state index in [4.69, 9.17) is 4.74 Å². The molecule has 0 atom stereocenters. The van der Waals surface area contributed by atoms with Gasteiger partial charge in [0.2, 0.25) is 0 Å². The lowest BCUT2D eigenvalue weighted by Gasteiger charge is -2.13. The maximum atomic E-state index is 5.00. The molecule has 0 rings (SSSR count). The van der Waals surface area contributed by atoms with Crippen molar-refractivity contribution < 1.29 is 4.74 Å². The largest absolute Gasteiger partial charge is 0.385 e. The molecule has 0 spiro atoms. The summed E-state index contributed by atoms with van der Waals surface area (Å²) in [6.45, 7) is 8.95. The van der Waals surface area contributed by atoms with Crippen LogP contribution in [-0.4, -0.2) is 38.8 Å². The number of nitrogens with zero attached hydrogens (tertiary/aromatic N) is 1. The molecule has 0 fully saturated rings. The van der Waals surface area contributed by atoms with E-state index in [1.54, 1.807) is 7.11 Å². The molecule has 0 saturated heterocycles. The van der Waals surface area contributed by atoms with Crippen LogP contribution in [0.15, 0.2) is 4.99 Å². The molecule has 0 saturated carbocycles. The van der Waals surface area contributed by atoms with E-state index < -0.39 is 0 Å². The minimum absolute atomic E-state index is 0. The van der Waals surface area contributed by atoms with E-state index in [0.717, 1.165) is 38.5 Å². The first-order valence-corrected chi connectivity index (χ1v) is 6.24. The fourth-order valence-electron chi connectivity index (χ4n) is 1.32. The van der Waals surface area contributed by atoms with Gasteiger partial charge >= 0.3 is 0 Å². The van der Waals surface area contributed by atoms with Gasteiger partial charge in [-0.1, -0.05) is 0 Å². The summed E-state index contributed by atoms with van der Waals surface area (Å²) in [6.07, 6.45) is 3.43. The minimum Gasteiger partial charge on any atom is -0.385 e. The fraction of sp³-hybridized carbons (Fsp3) is 0.917. The molecule has 0 aromatic carbocycles. The van der Waals surface area contributed by atoms with Crippen LogP contribution >= 0.6 is 24.0 Å². The van der Waals surface area contributed by atoms with Crippen LogP contribution in [0.1, 0.15) is 40.0 Å². The van der Waals surface area contributed by atoms with Gasteiger partial charge in [-0.3, -0.25) is 4.99 Å². The molecule has 0 bridgehead atoms. The van der Waals surface area contributed by atoms with E-state index in [0.29, 0.717) is 6.04 Å². The van der Waals surface area contributed by atoms with Crippen molar-refractivity contribution in [3.05, 3.63) is 0 Å². The monoisotopic (exact) mass is 357 g/mol. The summed E-state index contributed by atoms with van der Waals surface area (Å²) < 4.78 is 5.00. The number of unbranched alkanes of at least 4 members (excludes halogenated alkanes) is 2. The molecule has 0 aliphatic heterocycles. The van der Waals surface area contributed by atoms with Crippen LogP contribution in [0.5, 0.6) is 0 Å². The van der Waals surface area contributed by atoms with Crippen molar-refractivity contribution in [2.24, 2.45) is 4.99 Å². The average Bonchev–Trinajstić information content (AvgIpc) is 2.22. The Hall–Kier alpha value is -0.0400. The van der Waals surface area contributed by atoms with Gasteiger partial charge in [0.1, 0.15) is 0 Å². The Balaban J connectivity index is 0. The summed E-state index contributed by atoms with van der Waals surface area (Å²) in [7, 11) is 1.74. The van der Waals surface area contributed by atoms with Crippen LogP contribution in [0.25, 0.3) is 0 Å². The number of hydrogen-bond acceptors (Lipinski definition) is 2. The topological polar surface area (TPSA) is 45.7 Å². The maximum absolute atomic E-state index is 5.00. The number of aliphatic imine (C=N–C) groups is 1. The van der Waals surface area contributed by atoms with Gasteiger partial charge in [0.25, 0.3) is 0 Å². The number of hydrogen-bond donors (Lipinski definition) is 2. The summed E-state index contributed by atoms with van der Waals surface area (Å²) >= 11 is 0. The number of methoxy groups -OCH3 is 1. The van der Waals surface area contributed by atoms with Crippen molar-refractivity contribution in [2.75, 3.05) is 26.8 Å². The standard InChI is InChI=1S/C12H27N3O.HI/c1-5-13-12(15-11(2)3)14-9-7-6-8-10-16-4;/h11H,5-10H2,1-4H3,(H2,13,14,15);1H. The Morgan fingerprint density at radius 3 is 2.47 bits per heavy atom. The van der Waals surface area contributed by atoms with Gasteiger partial charge < -0.3 is 15.4 Å². The highest BCUT2D eigenvalue weighted by atomic mass is 127. The van der Waals surface area contributed by atoms with E-state index in [2.05, 4.69) is 36.4 Å². The minimum atomic E-state index is 0. The summed E-state index contributed by atoms with van der Waals surface area (Å²) in [4.78, 5) is 4.50. The van der Waals surface area contributed by atoms with Crippen molar-refractivity contribution in [3.63, 3.8) is 0 Å². The molecule has 0 radical (unpaired) electrons. The van der Waals surface area contributed by atoms with Crippen LogP contribution in [0.2, 0.25) is 0 Å². The lowest BCUT2D eigenvalue weighted by molar-refractivity contribution is 0.192. The lowest BCUT2D eigenvalue weighted by atomic mass is 10.2. The third-order valence-electron chi connectivity index (χ3n) is 2.05. The quantitative estimate of drug-likeness (QED) is 0.304. The van der Waals surface area contributed by atoms with Gasteiger partial charge in [-0.05, 0) is 40.0 Å². The molecule has 0 aliphatic rings. The third kappa shape index (κ3) is 13.9. The lowest BCUT2D eigenvalue weighted by Crippen LogP contribution is -2.41. The molecule has 0 amide bonds. The van der Waals surface area contributed by atoms with Gasteiger partial charge in [0.15, 0.2) is 5.96 Å². The van der Waals surface area contributed by atoms with Gasteiger partial charge in [0, 0.05) is 32.8 Å². The molecular weight excluding hydrogens is 329 g/mol. The molecule has 104 valence electrons. The van der Waals surface area contributed by atoms with E-state index >= 15 is 0 Å². The van der Waals surface area contributed by atoms with E-state index in [1.165, 1.54) is 6.42 Å². The second kappa shape index (κ2) is 14.0. The van der Waals surface area contributed by atoms with Gasteiger partial charge in [0.05, 0.1) is 0 Å². The van der Waals surface area contributed by atoms with Crippen molar-refractivity contribution in [2.45, 2.75) is 46.1 Å². The van der Waals surface area contributed by atoms with Crippen LogP contribution in [-0.2, 0) is 4.74 Å². The van der Waals surface area contributed by atoms with Crippen molar-refractivity contribution in [3.8, 4) is 0 Å². The summed E-state index contributed by atoms with van der Waals surface area (Å²) in [5, 5.41) is 6.53. The van der Waals surface area contributed by atoms with Crippen LogP contribution in [0.3, 0.4) is 0 Å². The van der Waals surface area contributed by atoms with E-state index in [1.807, 2.05) is 0 Å². The Bertz CT molecular complexity index is 187. The van der Waals surface area contributed by atoms with Crippen LogP contribution in [0, 0.1) is 0 Å². The Morgan fingerprint density at radius 1 is 1.24 bits per heavy atom. The van der Waals surface area contributed by atoms with Gasteiger partial charge in [-0.25, -0.2) is 0 Å². The maximum Gasteiger partial charge on any atom is 0.191 e. The zero-order chi connectivity index (χ0) is 12.2. The number of ether oxygens (including phenoxy) is 1. The molecule has 5 heteroatoms. The van der Waals surface area contributed by atoms with Crippen molar-refractivity contribution in [1.82, 2.24) is 10.6 Å². The number of guanidine groups is 1. The summed E-state index contributed by atoms with van der Waals surface area (Å²) in [5.74, 6) is 0.921. The van der Waals surface area contributed by atoms with Gasteiger partial charge in [-0.2, -0.15) is 0 Å². The smallest absolute Gasteiger partial charge is 0.191 e. The average molecular weight is 357 g/mol. The molecule has 0 heterocycles. The molecular formula is C12H28IN3O. The SMILES string of the molecule is CCNC(=NCCCCCOC)NC(C)C.I. The van der Waals surface area contributed by atoms with Crippen molar-refractivity contribution >= 4 is 29.9 Å². The van der Waals surface area contributed by atoms with Crippen molar-refractivity contribution in [1.29, 1.82) is 0 Å². The number of rotatable bonds is 8. The van der Waals surface area contributed by atoms with E-state index in [9.17, 15) is 0 Å². The molecule has 17 heavy (non-hydrogen) atoms.